The van der Waals surface area contributed by atoms with Crippen molar-refractivity contribution in [1.82, 2.24) is 24.1 Å². The molecule has 2 aromatic carbocycles. The van der Waals surface area contributed by atoms with E-state index in [4.69, 9.17) is 0 Å². The fourth-order valence-corrected chi connectivity index (χ4v) is 4.92. The highest BCUT2D eigenvalue weighted by atomic mass is 32.2. The third-order valence-electron chi connectivity index (χ3n) is 5.52. The first-order valence-electron chi connectivity index (χ1n) is 10.5. The normalized spacial score (nSPS) is 15.5. The van der Waals surface area contributed by atoms with Crippen LogP contribution in [0.25, 0.3) is 23.1 Å². The van der Waals surface area contributed by atoms with Gasteiger partial charge in [0.05, 0.1) is 5.56 Å². The number of rotatable bonds is 5. The summed E-state index contributed by atoms with van der Waals surface area (Å²) < 4.78 is 42.7. The molecule has 8 nitrogen and oxygen atoms in total. The molecule has 3 heterocycles. The highest BCUT2D eigenvalue weighted by Crippen LogP contribution is 2.23. The van der Waals surface area contributed by atoms with E-state index in [1.807, 2.05) is 41.3 Å². The zero-order valence-electron chi connectivity index (χ0n) is 17.6. The molecule has 0 atom stereocenters. The van der Waals surface area contributed by atoms with Crippen molar-refractivity contribution in [3.63, 3.8) is 0 Å². The summed E-state index contributed by atoms with van der Waals surface area (Å²) >= 11 is 0. The minimum absolute atomic E-state index is 0.316. The average Bonchev–Trinajstić information content (AvgIpc) is 3.27. The summed E-state index contributed by atoms with van der Waals surface area (Å²) in [5, 5.41) is 14.0. The summed E-state index contributed by atoms with van der Waals surface area (Å²) in [5.74, 6) is 0.565. The van der Waals surface area contributed by atoms with Crippen LogP contribution in [0.1, 0.15) is 5.56 Å². The zero-order valence-corrected chi connectivity index (χ0v) is 18.4. The van der Waals surface area contributed by atoms with Crippen molar-refractivity contribution >= 4 is 27.6 Å². The van der Waals surface area contributed by atoms with Crippen LogP contribution in [0.4, 0.5) is 10.2 Å². The molecule has 0 aliphatic carbocycles. The van der Waals surface area contributed by atoms with Crippen molar-refractivity contribution in [2.45, 2.75) is 0 Å². The average molecular weight is 465 g/mol. The predicted octanol–water partition coefficient (Wildman–Crippen LogP) is 3.05. The minimum atomic E-state index is -3.52. The lowest BCUT2D eigenvalue weighted by Gasteiger charge is -2.33. The lowest BCUT2D eigenvalue weighted by molar-refractivity contribution is 0.388. The molecule has 1 aliphatic rings. The Hall–Kier alpha value is -3.63. The molecule has 0 amide bonds. The molecule has 1 saturated heterocycles. The van der Waals surface area contributed by atoms with Crippen LogP contribution in [0.5, 0.6) is 0 Å². The number of benzene rings is 2. The Morgan fingerprint density at radius 2 is 1.58 bits per heavy atom. The van der Waals surface area contributed by atoms with Crippen LogP contribution in [0.15, 0.2) is 72.1 Å². The molecule has 0 N–H and O–H groups in total. The van der Waals surface area contributed by atoms with E-state index in [2.05, 4.69) is 15.3 Å². The van der Waals surface area contributed by atoms with Crippen molar-refractivity contribution in [3.8, 4) is 11.4 Å². The van der Waals surface area contributed by atoms with Gasteiger partial charge in [0.2, 0.25) is 10.0 Å². The predicted molar refractivity (Wildman–Crippen MR) is 124 cm³/mol. The van der Waals surface area contributed by atoms with Gasteiger partial charge in [0.15, 0.2) is 11.5 Å². The molecule has 0 unspecified atom stereocenters. The van der Waals surface area contributed by atoms with Crippen LogP contribution >= 0.6 is 0 Å². The van der Waals surface area contributed by atoms with Crippen LogP contribution < -0.4 is 4.90 Å². The zero-order chi connectivity index (χ0) is 22.8. The lowest BCUT2D eigenvalue weighted by atomic mass is 10.2. The van der Waals surface area contributed by atoms with E-state index in [0.717, 1.165) is 5.56 Å². The Balaban J connectivity index is 1.33. The van der Waals surface area contributed by atoms with Crippen LogP contribution in [0, 0.1) is 5.82 Å². The van der Waals surface area contributed by atoms with E-state index in [9.17, 15) is 12.8 Å². The van der Waals surface area contributed by atoms with Crippen LogP contribution in [0.2, 0.25) is 0 Å². The molecule has 0 saturated carbocycles. The largest absolute Gasteiger partial charge is 0.353 e. The Labute approximate surface area is 190 Å². The first-order valence-corrected chi connectivity index (χ1v) is 12.0. The Morgan fingerprint density at radius 1 is 0.848 bits per heavy atom. The van der Waals surface area contributed by atoms with Crippen molar-refractivity contribution in [3.05, 3.63) is 83.5 Å². The maximum atomic E-state index is 14.3. The number of hydrogen-bond acceptors (Lipinski definition) is 6. The topological polar surface area (TPSA) is 83.7 Å². The molecule has 0 radical (unpaired) electrons. The second kappa shape index (κ2) is 8.72. The molecule has 33 heavy (non-hydrogen) atoms. The Morgan fingerprint density at radius 3 is 2.33 bits per heavy atom. The third-order valence-corrected chi connectivity index (χ3v) is 7.08. The second-order valence-corrected chi connectivity index (χ2v) is 9.43. The molecule has 0 spiro atoms. The highest BCUT2D eigenvalue weighted by Gasteiger charge is 2.26. The monoisotopic (exact) mass is 464 g/mol. The van der Waals surface area contributed by atoms with Crippen LogP contribution in [-0.4, -0.2) is 58.7 Å². The van der Waals surface area contributed by atoms with E-state index < -0.39 is 15.8 Å². The second-order valence-electron chi connectivity index (χ2n) is 7.61. The van der Waals surface area contributed by atoms with E-state index in [-0.39, 0.29) is 0 Å². The quantitative estimate of drug-likeness (QED) is 0.452. The van der Waals surface area contributed by atoms with Gasteiger partial charge in [0.25, 0.3) is 0 Å². The van der Waals surface area contributed by atoms with E-state index in [1.165, 1.54) is 20.3 Å². The lowest BCUT2D eigenvalue weighted by Crippen LogP contribution is -2.48. The summed E-state index contributed by atoms with van der Waals surface area (Å²) in [6.07, 6.45) is 1.60. The summed E-state index contributed by atoms with van der Waals surface area (Å²) in [4.78, 5) is 2.00. The van der Waals surface area contributed by atoms with Gasteiger partial charge in [-0.1, -0.05) is 42.5 Å². The van der Waals surface area contributed by atoms with Gasteiger partial charge >= 0.3 is 0 Å². The fraction of sp³-hybridized carbons (Fsp3) is 0.174. The number of sulfonamides is 1. The van der Waals surface area contributed by atoms with Crippen molar-refractivity contribution < 1.29 is 12.8 Å². The molecule has 1 aliphatic heterocycles. The molecule has 0 bridgehead atoms. The molecule has 168 valence electrons. The summed E-state index contributed by atoms with van der Waals surface area (Å²) in [7, 11) is -3.52. The van der Waals surface area contributed by atoms with Gasteiger partial charge in [-0.05, 0) is 35.9 Å². The number of fused-ring (bicyclic) bond motifs is 1. The highest BCUT2D eigenvalue weighted by molar-refractivity contribution is 7.92. The number of halogens is 1. The van der Waals surface area contributed by atoms with E-state index in [0.29, 0.717) is 49.0 Å². The molecule has 4 aromatic rings. The van der Waals surface area contributed by atoms with Crippen molar-refractivity contribution in [2.75, 3.05) is 31.1 Å². The first-order chi connectivity index (χ1) is 16.0. The summed E-state index contributed by atoms with van der Waals surface area (Å²) in [6, 6.07) is 19.2. The van der Waals surface area contributed by atoms with Gasteiger partial charge in [0, 0.05) is 31.6 Å². The minimum Gasteiger partial charge on any atom is -0.353 e. The summed E-state index contributed by atoms with van der Waals surface area (Å²) in [5.41, 5.74) is 1.65. The third kappa shape index (κ3) is 4.35. The standard InChI is InChI=1S/C23H21FN6O2S/c24-20-9-5-4-8-19(20)23-26-25-21-10-11-22(27-30(21)23)28-13-15-29(16-14-28)33(31,32)17-12-18-6-2-1-3-7-18/h1-12,17H,13-16H2/b17-12+. The van der Waals surface area contributed by atoms with Gasteiger partial charge in [0.1, 0.15) is 11.6 Å². The van der Waals surface area contributed by atoms with Crippen molar-refractivity contribution in [2.24, 2.45) is 0 Å². The summed E-state index contributed by atoms with van der Waals surface area (Å²) in [6.45, 7) is 1.63. The van der Waals surface area contributed by atoms with E-state index >= 15 is 0 Å². The van der Waals surface area contributed by atoms with Gasteiger partial charge in [-0.2, -0.15) is 8.82 Å². The number of anilines is 1. The maximum Gasteiger partial charge on any atom is 0.236 e. The van der Waals surface area contributed by atoms with Gasteiger partial charge in [-0.3, -0.25) is 0 Å². The number of piperazine rings is 1. The fourth-order valence-electron chi connectivity index (χ4n) is 3.74. The van der Waals surface area contributed by atoms with Crippen LogP contribution in [0.3, 0.4) is 0 Å². The molecule has 1 fully saturated rings. The van der Waals surface area contributed by atoms with E-state index in [1.54, 1.807) is 30.3 Å². The van der Waals surface area contributed by atoms with Crippen LogP contribution in [-0.2, 0) is 10.0 Å². The van der Waals surface area contributed by atoms with Gasteiger partial charge in [-0.25, -0.2) is 12.8 Å². The number of hydrogen-bond donors (Lipinski definition) is 0. The van der Waals surface area contributed by atoms with Gasteiger partial charge in [-0.15, -0.1) is 15.3 Å². The molecule has 2 aromatic heterocycles. The molecule has 10 heteroatoms. The maximum absolute atomic E-state index is 14.3. The van der Waals surface area contributed by atoms with Crippen molar-refractivity contribution in [1.29, 1.82) is 0 Å². The Bertz CT molecular complexity index is 1410. The Kier molecular flexibility index (Phi) is 5.61. The molecular weight excluding hydrogens is 443 g/mol. The number of aromatic nitrogens is 4. The smallest absolute Gasteiger partial charge is 0.236 e. The SMILES string of the molecule is O=S(=O)(/C=C/c1ccccc1)N1CCN(c2ccc3nnc(-c4ccccc4F)n3n2)CC1. The number of nitrogens with zero attached hydrogens (tertiary/aromatic N) is 6. The van der Waals surface area contributed by atoms with Gasteiger partial charge < -0.3 is 4.90 Å². The molecule has 5 rings (SSSR count). The first kappa shape index (κ1) is 21.2. The molecular formula is C23H21FN6O2S.